The number of hydrogen-bond acceptors (Lipinski definition) is 3. The quantitative estimate of drug-likeness (QED) is 0.822. The first kappa shape index (κ1) is 18.5. The molecule has 0 spiro atoms. The molecule has 0 aromatic heterocycles. The van der Waals surface area contributed by atoms with E-state index in [0.717, 1.165) is 11.6 Å². The van der Waals surface area contributed by atoms with E-state index < -0.39 is 21.9 Å². The van der Waals surface area contributed by atoms with Crippen molar-refractivity contribution in [1.82, 2.24) is 0 Å². The second-order valence-corrected chi connectivity index (χ2v) is 8.36. The zero-order chi connectivity index (χ0) is 18.9. The number of nitrogens with one attached hydrogen (secondary N) is 2. The van der Waals surface area contributed by atoms with Crippen LogP contribution in [-0.2, 0) is 16.4 Å². The van der Waals surface area contributed by atoms with Gasteiger partial charge in [-0.05, 0) is 49.2 Å². The van der Waals surface area contributed by atoms with E-state index in [2.05, 4.69) is 10.6 Å². The van der Waals surface area contributed by atoms with Gasteiger partial charge in [0, 0.05) is 17.9 Å². The smallest absolute Gasteiger partial charge is 0.308 e. The van der Waals surface area contributed by atoms with Crippen molar-refractivity contribution >= 4 is 44.7 Å². The number of nitrogens with zero attached hydrogens (tertiary/aromatic N) is 1. The molecule has 0 unspecified atom stereocenters. The van der Waals surface area contributed by atoms with E-state index in [1.54, 1.807) is 25.1 Å². The van der Waals surface area contributed by atoms with Crippen molar-refractivity contribution in [3.8, 4) is 0 Å². The summed E-state index contributed by atoms with van der Waals surface area (Å²) in [6, 6.07) is 8.43. The van der Waals surface area contributed by atoms with E-state index in [4.69, 9.17) is 11.6 Å². The summed E-state index contributed by atoms with van der Waals surface area (Å²) in [7, 11) is -3.36. The Morgan fingerprint density at radius 2 is 1.85 bits per heavy atom. The van der Waals surface area contributed by atoms with Gasteiger partial charge in [-0.25, -0.2) is 17.6 Å². The molecule has 9 heteroatoms. The lowest BCUT2D eigenvalue weighted by Crippen LogP contribution is -2.30. The predicted molar refractivity (Wildman–Crippen MR) is 101 cm³/mol. The number of carbonyl (C=O) groups excluding carboxylic acids is 1. The maximum Gasteiger partial charge on any atom is 0.323 e. The lowest BCUT2D eigenvalue weighted by Gasteiger charge is -2.19. The Balaban J connectivity index is 1.76. The van der Waals surface area contributed by atoms with Crippen LogP contribution in [0.5, 0.6) is 0 Å². The second kappa shape index (κ2) is 7.13. The third-order valence-corrected chi connectivity index (χ3v) is 6.14. The van der Waals surface area contributed by atoms with Crippen LogP contribution in [-0.4, -0.2) is 26.7 Å². The van der Waals surface area contributed by atoms with Gasteiger partial charge < -0.3 is 10.6 Å². The molecule has 0 saturated heterocycles. The maximum atomic E-state index is 13.2. The molecule has 2 amide bonds. The highest BCUT2D eigenvalue weighted by Gasteiger charge is 2.28. The summed E-state index contributed by atoms with van der Waals surface area (Å²) in [4.78, 5) is 12.1. The van der Waals surface area contributed by atoms with Crippen LogP contribution in [0.15, 0.2) is 36.4 Å². The van der Waals surface area contributed by atoms with Gasteiger partial charge in [0.2, 0.25) is 10.0 Å². The average Bonchev–Trinajstić information content (AvgIpc) is 3.02. The SMILES string of the molecule is CCS(=O)(=O)N1CCc2ccc(NC(=O)Nc3ccc(F)c(Cl)c3)cc21. The van der Waals surface area contributed by atoms with Gasteiger partial charge in [-0.3, -0.25) is 4.31 Å². The number of anilines is 3. The van der Waals surface area contributed by atoms with Gasteiger partial charge in [0.1, 0.15) is 5.82 Å². The van der Waals surface area contributed by atoms with Gasteiger partial charge in [-0.2, -0.15) is 0 Å². The fraction of sp³-hybridized carbons (Fsp3) is 0.235. The predicted octanol–water partition coefficient (Wildman–Crippen LogP) is 3.84. The van der Waals surface area contributed by atoms with E-state index in [1.165, 1.54) is 16.4 Å². The van der Waals surface area contributed by atoms with Gasteiger partial charge in [0.25, 0.3) is 0 Å². The molecule has 6 nitrogen and oxygen atoms in total. The molecule has 2 aromatic rings. The Labute approximate surface area is 156 Å². The minimum Gasteiger partial charge on any atom is -0.308 e. The van der Waals surface area contributed by atoms with Crippen molar-refractivity contribution in [2.75, 3.05) is 27.2 Å². The Kier molecular flexibility index (Phi) is 5.06. The maximum absolute atomic E-state index is 13.2. The van der Waals surface area contributed by atoms with Crippen LogP contribution in [0.2, 0.25) is 5.02 Å². The highest BCUT2D eigenvalue weighted by atomic mass is 35.5. The Morgan fingerprint density at radius 1 is 1.19 bits per heavy atom. The zero-order valence-electron chi connectivity index (χ0n) is 13.9. The molecule has 1 aliphatic heterocycles. The van der Waals surface area contributed by atoms with Crippen LogP contribution in [0.1, 0.15) is 12.5 Å². The Morgan fingerprint density at radius 3 is 2.50 bits per heavy atom. The van der Waals surface area contributed by atoms with Gasteiger partial charge in [-0.15, -0.1) is 0 Å². The van der Waals surface area contributed by atoms with Crippen LogP contribution < -0.4 is 14.9 Å². The van der Waals surface area contributed by atoms with Crippen molar-refractivity contribution in [3.05, 3.63) is 52.8 Å². The van der Waals surface area contributed by atoms with Crippen LogP contribution in [0.25, 0.3) is 0 Å². The molecule has 0 fully saturated rings. The molecule has 0 saturated carbocycles. The van der Waals surface area contributed by atoms with Crippen molar-refractivity contribution in [2.24, 2.45) is 0 Å². The molecule has 0 atom stereocenters. The van der Waals surface area contributed by atoms with Crippen molar-refractivity contribution < 1.29 is 17.6 Å². The molecule has 0 radical (unpaired) electrons. The number of carbonyl (C=O) groups is 1. The van der Waals surface area contributed by atoms with Crippen molar-refractivity contribution in [1.29, 1.82) is 0 Å². The molecule has 0 aliphatic carbocycles. The lowest BCUT2D eigenvalue weighted by atomic mass is 10.1. The number of sulfonamides is 1. The zero-order valence-corrected chi connectivity index (χ0v) is 15.5. The molecule has 26 heavy (non-hydrogen) atoms. The fourth-order valence-corrected chi connectivity index (χ4v) is 4.07. The van der Waals surface area contributed by atoms with E-state index in [-0.39, 0.29) is 10.8 Å². The summed E-state index contributed by atoms with van der Waals surface area (Å²) in [6.45, 7) is 1.99. The average molecular weight is 398 g/mol. The topological polar surface area (TPSA) is 78.5 Å². The highest BCUT2D eigenvalue weighted by Crippen LogP contribution is 2.33. The standard InChI is InChI=1S/C17H17ClFN3O3S/c1-2-26(24,25)22-8-7-11-3-4-13(10-16(11)22)21-17(23)20-12-5-6-15(19)14(18)9-12/h3-6,9-10H,2,7-8H2,1H3,(H2,20,21,23). The highest BCUT2D eigenvalue weighted by molar-refractivity contribution is 7.92. The number of urea groups is 1. The minimum absolute atomic E-state index is 0.00983. The summed E-state index contributed by atoms with van der Waals surface area (Å²) < 4.78 is 38.9. The Hall–Kier alpha value is -2.32. The summed E-state index contributed by atoms with van der Waals surface area (Å²) >= 11 is 5.68. The molecule has 2 N–H and O–H groups in total. The number of halogens is 2. The number of fused-ring (bicyclic) bond motifs is 1. The van der Waals surface area contributed by atoms with Gasteiger partial charge in [-0.1, -0.05) is 17.7 Å². The van der Waals surface area contributed by atoms with Crippen LogP contribution in [0.4, 0.5) is 26.2 Å². The van der Waals surface area contributed by atoms with Crippen LogP contribution in [0, 0.1) is 5.82 Å². The van der Waals surface area contributed by atoms with E-state index in [0.29, 0.717) is 30.0 Å². The third-order valence-electron chi connectivity index (χ3n) is 4.07. The number of amides is 2. The van der Waals surface area contributed by atoms with Gasteiger partial charge >= 0.3 is 6.03 Å². The molecule has 3 rings (SSSR count). The third kappa shape index (κ3) is 3.76. The first-order chi connectivity index (χ1) is 12.3. The minimum atomic E-state index is -3.36. The largest absolute Gasteiger partial charge is 0.323 e. The van der Waals surface area contributed by atoms with Crippen molar-refractivity contribution in [3.63, 3.8) is 0 Å². The molecular formula is C17H17ClFN3O3S. The van der Waals surface area contributed by atoms with Crippen molar-refractivity contribution in [2.45, 2.75) is 13.3 Å². The monoisotopic (exact) mass is 397 g/mol. The number of benzene rings is 2. The van der Waals surface area contributed by atoms with E-state index in [1.807, 2.05) is 0 Å². The number of rotatable bonds is 4. The molecule has 0 bridgehead atoms. The first-order valence-corrected chi connectivity index (χ1v) is 9.95. The summed E-state index contributed by atoms with van der Waals surface area (Å²) in [5, 5.41) is 5.09. The summed E-state index contributed by atoms with van der Waals surface area (Å²) in [6.07, 6.45) is 0.634. The normalized spacial score (nSPS) is 13.4. The molecule has 2 aromatic carbocycles. The van der Waals surface area contributed by atoms with Gasteiger partial charge in [0.15, 0.2) is 0 Å². The first-order valence-electron chi connectivity index (χ1n) is 7.96. The second-order valence-electron chi connectivity index (χ2n) is 5.77. The van der Waals surface area contributed by atoms with Gasteiger partial charge in [0.05, 0.1) is 16.5 Å². The van der Waals surface area contributed by atoms with E-state index >= 15 is 0 Å². The lowest BCUT2D eigenvalue weighted by molar-refractivity contribution is 0.262. The summed E-state index contributed by atoms with van der Waals surface area (Å²) in [5.41, 5.74) is 2.28. The molecule has 138 valence electrons. The molecular weight excluding hydrogens is 381 g/mol. The summed E-state index contributed by atoms with van der Waals surface area (Å²) in [5.74, 6) is -0.566. The molecule has 1 heterocycles. The fourth-order valence-electron chi connectivity index (χ4n) is 2.74. The Bertz CT molecular complexity index is 966. The van der Waals surface area contributed by atoms with Crippen LogP contribution >= 0.6 is 11.6 Å². The van der Waals surface area contributed by atoms with E-state index in [9.17, 15) is 17.6 Å². The number of hydrogen-bond donors (Lipinski definition) is 2. The van der Waals surface area contributed by atoms with Crippen LogP contribution in [0.3, 0.4) is 0 Å². The molecule has 1 aliphatic rings.